The van der Waals surface area contributed by atoms with E-state index in [0.29, 0.717) is 10.9 Å². The Bertz CT molecular complexity index is 520. The van der Waals surface area contributed by atoms with Gasteiger partial charge in [0.15, 0.2) is 0 Å². The molecule has 1 nitrogen and oxygen atoms in total. The minimum Gasteiger partial charge on any atom is -0.388 e. The second-order valence-electron chi connectivity index (χ2n) is 4.05. The first-order chi connectivity index (χ1) is 8.54. The van der Waals surface area contributed by atoms with Gasteiger partial charge in [0.2, 0.25) is 0 Å². The lowest BCUT2D eigenvalue weighted by Crippen LogP contribution is -2.02. The van der Waals surface area contributed by atoms with Crippen molar-refractivity contribution >= 4 is 31.9 Å². The molecule has 0 heterocycles. The lowest BCUT2D eigenvalue weighted by atomic mass is 10.0. The minimum absolute atomic E-state index is 0.303. The van der Waals surface area contributed by atoms with Crippen LogP contribution in [0.5, 0.6) is 0 Å². The van der Waals surface area contributed by atoms with Crippen molar-refractivity contribution < 1.29 is 9.50 Å². The summed E-state index contributed by atoms with van der Waals surface area (Å²) in [5.41, 5.74) is 1.58. The molecule has 0 spiro atoms. The van der Waals surface area contributed by atoms with E-state index in [1.54, 1.807) is 0 Å². The van der Waals surface area contributed by atoms with Crippen LogP contribution in [0, 0.1) is 5.82 Å². The van der Waals surface area contributed by atoms with Gasteiger partial charge in [0.1, 0.15) is 5.82 Å². The molecule has 0 fully saturated rings. The summed E-state index contributed by atoms with van der Waals surface area (Å²) in [6, 6.07) is 12.1. The van der Waals surface area contributed by atoms with E-state index in [-0.39, 0.29) is 5.82 Å². The van der Waals surface area contributed by atoms with Crippen LogP contribution < -0.4 is 0 Å². The summed E-state index contributed by atoms with van der Waals surface area (Å²) in [7, 11) is 0. The van der Waals surface area contributed by atoms with E-state index in [4.69, 9.17) is 0 Å². The number of aliphatic hydroxyl groups is 1. The van der Waals surface area contributed by atoms with E-state index in [2.05, 4.69) is 31.9 Å². The fraction of sp³-hybridized carbons (Fsp3) is 0.143. The number of halogens is 3. The SMILES string of the molecule is OC(Cc1cc(F)cc(Br)c1)c1ccc(Br)cc1. The third kappa shape index (κ3) is 3.64. The van der Waals surface area contributed by atoms with Crippen LogP contribution in [0.4, 0.5) is 4.39 Å². The second-order valence-corrected chi connectivity index (χ2v) is 5.88. The Morgan fingerprint density at radius 2 is 1.67 bits per heavy atom. The van der Waals surface area contributed by atoms with Gasteiger partial charge in [-0.15, -0.1) is 0 Å². The van der Waals surface area contributed by atoms with Crippen molar-refractivity contribution in [2.75, 3.05) is 0 Å². The normalized spacial score (nSPS) is 12.4. The first-order valence-electron chi connectivity index (χ1n) is 5.43. The van der Waals surface area contributed by atoms with Crippen molar-refractivity contribution in [1.82, 2.24) is 0 Å². The molecule has 0 radical (unpaired) electrons. The van der Waals surface area contributed by atoms with Gasteiger partial charge in [-0.25, -0.2) is 4.39 Å². The molecule has 0 saturated heterocycles. The Labute approximate surface area is 122 Å². The minimum atomic E-state index is -0.633. The summed E-state index contributed by atoms with van der Waals surface area (Å²) < 4.78 is 14.9. The van der Waals surface area contributed by atoms with Crippen LogP contribution in [0.3, 0.4) is 0 Å². The van der Waals surface area contributed by atoms with E-state index < -0.39 is 6.10 Å². The molecule has 4 heteroatoms. The summed E-state index contributed by atoms with van der Waals surface area (Å²) in [6.45, 7) is 0. The average molecular weight is 374 g/mol. The van der Waals surface area contributed by atoms with Gasteiger partial charge in [0, 0.05) is 15.4 Å². The van der Waals surface area contributed by atoms with Crippen molar-refractivity contribution in [2.24, 2.45) is 0 Å². The predicted octanol–water partition coefficient (Wildman–Crippen LogP) is 4.63. The van der Waals surface area contributed by atoms with E-state index in [0.717, 1.165) is 15.6 Å². The van der Waals surface area contributed by atoms with Crippen LogP contribution in [0.15, 0.2) is 51.4 Å². The van der Waals surface area contributed by atoms with Crippen LogP contribution in [-0.4, -0.2) is 5.11 Å². The Kier molecular flexibility index (Phi) is 4.54. The van der Waals surface area contributed by atoms with Gasteiger partial charge in [-0.3, -0.25) is 0 Å². The highest BCUT2D eigenvalue weighted by molar-refractivity contribution is 9.10. The van der Waals surface area contributed by atoms with Crippen molar-refractivity contribution in [1.29, 1.82) is 0 Å². The summed E-state index contributed by atoms with van der Waals surface area (Å²) >= 11 is 6.58. The quantitative estimate of drug-likeness (QED) is 0.831. The molecular weight excluding hydrogens is 363 g/mol. The molecule has 0 saturated carbocycles. The van der Waals surface area contributed by atoms with Gasteiger partial charge in [-0.2, -0.15) is 0 Å². The van der Waals surface area contributed by atoms with Gasteiger partial charge in [-0.05, 0) is 41.5 Å². The first kappa shape index (κ1) is 13.7. The van der Waals surface area contributed by atoms with Gasteiger partial charge in [0.05, 0.1) is 6.10 Å². The van der Waals surface area contributed by atoms with Crippen molar-refractivity contribution in [3.8, 4) is 0 Å². The highest BCUT2D eigenvalue weighted by Crippen LogP contribution is 2.23. The molecule has 2 rings (SSSR count). The van der Waals surface area contributed by atoms with Crippen LogP contribution in [0.1, 0.15) is 17.2 Å². The summed E-state index contributed by atoms with van der Waals surface area (Å²) in [4.78, 5) is 0. The highest BCUT2D eigenvalue weighted by atomic mass is 79.9. The number of benzene rings is 2. The topological polar surface area (TPSA) is 20.2 Å². The lowest BCUT2D eigenvalue weighted by molar-refractivity contribution is 0.178. The third-order valence-corrected chi connectivity index (χ3v) is 3.59. The molecule has 0 bridgehead atoms. The maximum absolute atomic E-state index is 13.2. The number of rotatable bonds is 3. The zero-order valence-corrected chi connectivity index (χ0v) is 12.6. The van der Waals surface area contributed by atoms with E-state index in [1.807, 2.05) is 30.3 Å². The van der Waals surface area contributed by atoms with Crippen LogP contribution in [-0.2, 0) is 6.42 Å². The molecule has 2 aromatic rings. The molecule has 0 aliphatic carbocycles. The van der Waals surface area contributed by atoms with E-state index in [1.165, 1.54) is 12.1 Å². The molecule has 18 heavy (non-hydrogen) atoms. The summed E-state index contributed by atoms with van der Waals surface area (Å²) in [5.74, 6) is -0.303. The van der Waals surface area contributed by atoms with Crippen molar-refractivity contribution in [2.45, 2.75) is 12.5 Å². The number of aliphatic hydroxyl groups excluding tert-OH is 1. The molecule has 2 aromatic carbocycles. The fourth-order valence-electron chi connectivity index (χ4n) is 1.75. The highest BCUT2D eigenvalue weighted by Gasteiger charge is 2.09. The van der Waals surface area contributed by atoms with Gasteiger partial charge in [0.25, 0.3) is 0 Å². The first-order valence-corrected chi connectivity index (χ1v) is 7.02. The summed E-state index contributed by atoms with van der Waals surface area (Å²) in [5, 5.41) is 10.1. The molecule has 0 aliphatic rings. The zero-order valence-electron chi connectivity index (χ0n) is 9.41. The molecule has 0 aromatic heterocycles. The molecule has 0 aliphatic heterocycles. The van der Waals surface area contributed by atoms with Crippen molar-refractivity contribution in [3.63, 3.8) is 0 Å². The maximum atomic E-state index is 13.2. The average Bonchev–Trinajstić information content (AvgIpc) is 2.28. The second kappa shape index (κ2) is 5.95. The number of hydrogen-bond acceptors (Lipinski definition) is 1. The molecule has 1 atom stereocenters. The Balaban J connectivity index is 2.15. The monoisotopic (exact) mass is 372 g/mol. The Morgan fingerprint density at radius 3 is 2.28 bits per heavy atom. The van der Waals surface area contributed by atoms with E-state index >= 15 is 0 Å². The Hall–Kier alpha value is -0.710. The Morgan fingerprint density at radius 1 is 1.00 bits per heavy atom. The smallest absolute Gasteiger partial charge is 0.124 e. The maximum Gasteiger partial charge on any atom is 0.124 e. The van der Waals surface area contributed by atoms with Crippen LogP contribution in [0.2, 0.25) is 0 Å². The van der Waals surface area contributed by atoms with Crippen LogP contribution in [0.25, 0.3) is 0 Å². The standard InChI is InChI=1S/C14H11Br2FO/c15-11-3-1-10(2-4-11)14(18)7-9-5-12(16)8-13(17)6-9/h1-6,8,14,18H,7H2. The number of hydrogen-bond donors (Lipinski definition) is 1. The molecule has 1 unspecified atom stereocenters. The largest absolute Gasteiger partial charge is 0.388 e. The molecular formula is C14H11Br2FO. The zero-order chi connectivity index (χ0) is 13.1. The van der Waals surface area contributed by atoms with Gasteiger partial charge < -0.3 is 5.11 Å². The van der Waals surface area contributed by atoms with Crippen LogP contribution >= 0.6 is 31.9 Å². The van der Waals surface area contributed by atoms with Gasteiger partial charge in [-0.1, -0.05) is 44.0 Å². The van der Waals surface area contributed by atoms with Crippen molar-refractivity contribution in [3.05, 3.63) is 68.4 Å². The molecule has 0 amide bonds. The van der Waals surface area contributed by atoms with E-state index in [9.17, 15) is 9.50 Å². The fourth-order valence-corrected chi connectivity index (χ4v) is 2.53. The lowest BCUT2D eigenvalue weighted by Gasteiger charge is -2.11. The van der Waals surface area contributed by atoms with Gasteiger partial charge >= 0.3 is 0 Å². The predicted molar refractivity (Wildman–Crippen MR) is 76.9 cm³/mol. The molecule has 1 N–H and O–H groups in total. The molecule has 94 valence electrons. The summed E-state index contributed by atoms with van der Waals surface area (Å²) in [6.07, 6.45) is -0.246. The third-order valence-electron chi connectivity index (χ3n) is 2.61.